The molecule has 8 rings (SSSR count). The lowest BCUT2D eigenvalue weighted by molar-refractivity contribution is -0.139. The van der Waals surface area contributed by atoms with Gasteiger partial charge in [-0.3, -0.25) is 19.3 Å². The number of hydrogen-bond acceptors (Lipinski definition) is 10. The fourth-order valence-corrected chi connectivity index (χ4v) is 9.81. The van der Waals surface area contributed by atoms with Crippen molar-refractivity contribution in [3.63, 3.8) is 0 Å². The highest BCUT2D eigenvalue weighted by Gasteiger charge is 2.48. The van der Waals surface area contributed by atoms with E-state index >= 15 is 0 Å². The summed E-state index contributed by atoms with van der Waals surface area (Å²) < 4.78 is 0. The molecule has 0 spiro atoms. The molecule has 5 aromatic rings. The Labute approximate surface area is 310 Å². The summed E-state index contributed by atoms with van der Waals surface area (Å²) in [5, 5.41) is 20.2. The smallest absolute Gasteiger partial charge is 0.303 e. The van der Waals surface area contributed by atoms with Crippen molar-refractivity contribution in [3.05, 3.63) is 125 Å². The minimum absolute atomic E-state index is 0.298. The first-order chi connectivity index (χ1) is 24.9. The zero-order chi connectivity index (χ0) is 34.9. The van der Waals surface area contributed by atoms with Crippen molar-refractivity contribution < 1.29 is 19.2 Å². The summed E-state index contributed by atoms with van der Waals surface area (Å²) in [6, 6.07) is 23.1. The van der Waals surface area contributed by atoms with Crippen LogP contribution >= 0.6 is 45.3 Å². The van der Waals surface area contributed by atoms with Crippen molar-refractivity contribution in [3.8, 4) is 0 Å². The minimum atomic E-state index is -0.921. The first kappa shape index (κ1) is 33.4. The number of nitrogens with zero attached hydrogens (tertiary/aromatic N) is 6. The fraction of sp³-hybridized carbons (Fsp3) is 0.243. The summed E-state index contributed by atoms with van der Waals surface area (Å²) in [6.45, 7) is -0.824. The van der Waals surface area contributed by atoms with Crippen LogP contribution in [0, 0.1) is 0 Å². The predicted molar refractivity (Wildman–Crippen MR) is 201 cm³/mol. The van der Waals surface area contributed by atoms with Gasteiger partial charge in [-0.2, -0.15) is 10.2 Å². The molecule has 3 unspecified atom stereocenters. The highest BCUT2D eigenvalue weighted by molar-refractivity contribution is 7.12. The molecule has 10 nitrogen and oxygen atoms in total. The summed E-state index contributed by atoms with van der Waals surface area (Å²) in [5.41, 5.74) is 2.60. The molecule has 0 aliphatic carbocycles. The van der Waals surface area contributed by atoms with Gasteiger partial charge in [0.2, 0.25) is 0 Å². The van der Waals surface area contributed by atoms with Gasteiger partial charge in [0.15, 0.2) is 0 Å². The van der Waals surface area contributed by atoms with Crippen LogP contribution in [0.2, 0.25) is 0 Å². The maximum atomic E-state index is 14.2. The fourth-order valence-electron chi connectivity index (χ4n) is 6.74. The van der Waals surface area contributed by atoms with E-state index in [1.807, 2.05) is 100 Å². The number of rotatable bonds is 11. The average Bonchev–Trinajstić information content (AvgIpc) is 4.00. The number of urea groups is 1. The van der Waals surface area contributed by atoms with Crippen LogP contribution in [0.1, 0.15) is 56.4 Å². The largest absolute Gasteiger partial charge is 0.328 e. The average molecular weight is 753 g/mol. The topological polar surface area (TPSA) is 106 Å². The molecular weight excluding hydrogens is 721 g/mol. The number of carbonyl (C=O) groups is 4. The number of carbonyl (C=O) groups excluding carboxylic acids is 4. The first-order valence-corrected chi connectivity index (χ1v) is 20.1. The predicted octanol–water partition coefficient (Wildman–Crippen LogP) is 7.25. The molecule has 3 atom stereocenters. The third-order valence-electron chi connectivity index (χ3n) is 9.24. The van der Waals surface area contributed by atoms with Crippen molar-refractivity contribution in [2.75, 3.05) is 13.1 Å². The Hall–Kier alpha value is -4.76. The Bertz CT molecular complexity index is 2080. The van der Waals surface area contributed by atoms with Gasteiger partial charge in [0.1, 0.15) is 19.1 Å². The van der Waals surface area contributed by atoms with Crippen LogP contribution in [0.15, 0.2) is 111 Å². The molecule has 3 aliphatic rings. The van der Waals surface area contributed by atoms with E-state index in [0.717, 1.165) is 41.4 Å². The number of hydrazone groups is 2. The normalized spacial score (nSPS) is 20.4. The summed E-state index contributed by atoms with van der Waals surface area (Å²) >= 11 is 6.20. The SMILES string of the molecule is O=C1C(CCc2ccccc2)N(CC(=O)N2N=C(c3cccs3)CC2c2cccs2)C(=O)N1CC(=O)N1N=C(c2cccs2)CC1c1cccs1. The maximum absolute atomic E-state index is 14.2. The van der Waals surface area contributed by atoms with Crippen molar-refractivity contribution in [2.24, 2.45) is 10.2 Å². The van der Waals surface area contributed by atoms with Gasteiger partial charge in [-0.15, -0.1) is 45.3 Å². The van der Waals surface area contributed by atoms with E-state index in [9.17, 15) is 19.2 Å². The van der Waals surface area contributed by atoms with Gasteiger partial charge in [0.05, 0.1) is 33.3 Å². The number of amides is 5. The third kappa shape index (κ3) is 6.71. The number of benzene rings is 1. The molecule has 0 radical (unpaired) electrons. The van der Waals surface area contributed by atoms with Gasteiger partial charge in [-0.05, 0) is 64.2 Å². The second-order valence-electron chi connectivity index (χ2n) is 12.4. The summed E-state index contributed by atoms with van der Waals surface area (Å²) in [4.78, 5) is 62.8. The Morgan fingerprint density at radius 1 is 0.647 bits per heavy atom. The molecule has 3 aliphatic heterocycles. The number of hydrogen-bond donors (Lipinski definition) is 0. The third-order valence-corrected chi connectivity index (χ3v) is 13.0. The van der Waals surface area contributed by atoms with E-state index < -0.39 is 30.4 Å². The zero-order valence-corrected chi connectivity index (χ0v) is 30.5. The Balaban J connectivity index is 1.06. The van der Waals surface area contributed by atoms with Crippen LogP contribution in [-0.4, -0.2) is 74.1 Å². The highest BCUT2D eigenvalue weighted by atomic mass is 32.1. The van der Waals surface area contributed by atoms with Crippen LogP contribution in [-0.2, 0) is 20.8 Å². The molecule has 1 fully saturated rings. The molecule has 0 N–H and O–H groups in total. The molecule has 0 saturated carbocycles. The lowest BCUT2D eigenvalue weighted by atomic mass is 10.0. The zero-order valence-electron chi connectivity index (χ0n) is 27.2. The van der Waals surface area contributed by atoms with E-state index in [1.165, 1.54) is 26.3 Å². The Kier molecular flexibility index (Phi) is 9.47. The van der Waals surface area contributed by atoms with Crippen molar-refractivity contribution >= 4 is 80.5 Å². The molecule has 5 amide bonds. The standard InChI is InChI=1S/C37H32N6O4S4/c44-34(42-28(32-12-6-18-50-32)20-25(38-42)30-10-4-16-48-30)22-40-27(15-14-24-8-2-1-3-9-24)36(46)41(37(40)47)23-35(45)43-29(33-13-7-19-51-33)21-26(39-43)31-11-5-17-49-31/h1-13,16-19,27-29H,14-15,20-23H2. The summed E-state index contributed by atoms with van der Waals surface area (Å²) in [7, 11) is 0. The molecular formula is C37H32N6O4S4. The van der Waals surface area contributed by atoms with Crippen molar-refractivity contribution in [1.29, 1.82) is 0 Å². The van der Waals surface area contributed by atoms with Crippen LogP contribution in [0.3, 0.4) is 0 Å². The van der Waals surface area contributed by atoms with Gasteiger partial charge in [-0.1, -0.05) is 54.6 Å². The second-order valence-corrected chi connectivity index (χ2v) is 16.2. The Morgan fingerprint density at radius 3 is 1.69 bits per heavy atom. The van der Waals surface area contributed by atoms with Gasteiger partial charge < -0.3 is 4.90 Å². The van der Waals surface area contributed by atoms with E-state index in [4.69, 9.17) is 10.2 Å². The molecule has 1 saturated heterocycles. The lowest BCUT2D eigenvalue weighted by Gasteiger charge is -2.26. The van der Waals surface area contributed by atoms with Gasteiger partial charge in [0, 0.05) is 22.6 Å². The van der Waals surface area contributed by atoms with E-state index in [-0.39, 0.29) is 24.5 Å². The van der Waals surface area contributed by atoms with Crippen molar-refractivity contribution in [1.82, 2.24) is 19.8 Å². The summed E-state index contributed by atoms with van der Waals surface area (Å²) in [6.07, 6.45) is 1.89. The quantitative estimate of drug-likeness (QED) is 0.133. The van der Waals surface area contributed by atoms with E-state index in [0.29, 0.717) is 25.7 Å². The van der Waals surface area contributed by atoms with Gasteiger partial charge >= 0.3 is 6.03 Å². The molecule has 7 heterocycles. The van der Waals surface area contributed by atoms with Crippen LogP contribution in [0.25, 0.3) is 0 Å². The molecule has 4 aromatic heterocycles. The molecule has 14 heteroatoms. The number of aryl methyl sites for hydroxylation is 1. The Morgan fingerprint density at radius 2 is 1.18 bits per heavy atom. The van der Waals surface area contributed by atoms with Crippen LogP contribution in [0.4, 0.5) is 4.79 Å². The lowest BCUT2D eigenvalue weighted by Crippen LogP contribution is -2.44. The van der Waals surface area contributed by atoms with E-state index in [2.05, 4.69) is 0 Å². The molecule has 51 heavy (non-hydrogen) atoms. The van der Waals surface area contributed by atoms with Crippen molar-refractivity contribution in [2.45, 2.75) is 43.8 Å². The van der Waals surface area contributed by atoms with Gasteiger partial charge in [0.25, 0.3) is 17.7 Å². The monoisotopic (exact) mass is 752 g/mol. The maximum Gasteiger partial charge on any atom is 0.328 e. The second kappa shape index (κ2) is 14.5. The minimum Gasteiger partial charge on any atom is -0.303 e. The van der Waals surface area contributed by atoms with Crippen LogP contribution in [0.5, 0.6) is 0 Å². The molecule has 258 valence electrons. The first-order valence-electron chi connectivity index (χ1n) is 16.5. The van der Waals surface area contributed by atoms with Gasteiger partial charge in [-0.25, -0.2) is 14.8 Å². The van der Waals surface area contributed by atoms with E-state index in [1.54, 1.807) is 34.0 Å². The molecule has 1 aromatic carbocycles. The summed E-state index contributed by atoms with van der Waals surface area (Å²) in [5.74, 6) is -1.34. The van der Waals surface area contributed by atoms with Crippen LogP contribution < -0.4 is 0 Å². The number of imide groups is 1. The highest BCUT2D eigenvalue weighted by Crippen LogP contribution is 2.38. The number of thiophene rings is 4. The molecule has 0 bridgehead atoms.